The number of carbonyl (C=O) groups is 1. The Balaban J connectivity index is 1.49. The van der Waals surface area contributed by atoms with E-state index in [9.17, 15) is 24.9 Å². The molecule has 1 atom stereocenters. The molecule has 0 spiro atoms. The van der Waals surface area contributed by atoms with Gasteiger partial charge in [-0.3, -0.25) is 14.0 Å². The van der Waals surface area contributed by atoms with E-state index in [1.54, 1.807) is 42.6 Å². The highest BCUT2D eigenvalue weighted by Crippen LogP contribution is 2.44. The number of phenolic OH excluding ortho intramolecular Hbond substituents is 2. The first-order valence-corrected chi connectivity index (χ1v) is 12.3. The van der Waals surface area contributed by atoms with Crippen LogP contribution < -0.4 is 25.1 Å². The van der Waals surface area contributed by atoms with Crippen LogP contribution in [-0.4, -0.2) is 57.5 Å². The van der Waals surface area contributed by atoms with Crippen molar-refractivity contribution in [2.45, 2.75) is 18.8 Å². The molecule has 39 heavy (non-hydrogen) atoms. The largest absolute Gasteiger partial charge is 0.504 e. The smallest absolute Gasteiger partial charge is 0.265 e. The molecule has 0 saturated heterocycles. The van der Waals surface area contributed by atoms with Gasteiger partial charge in [-0.2, -0.15) is 4.98 Å². The van der Waals surface area contributed by atoms with Crippen molar-refractivity contribution in [1.82, 2.24) is 14.7 Å². The van der Waals surface area contributed by atoms with Gasteiger partial charge < -0.3 is 34.8 Å². The normalized spacial score (nSPS) is 13.2. The number of amides is 1. The van der Waals surface area contributed by atoms with Crippen LogP contribution in [0, 0.1) is 0 Å². The van der Waals surface area contributed by atoms with Crippen molar-refractivity contribution in [2.75, 3.05) is 26.9 Å². The Hall–Kier alpha value is -4.93. The first-order valence-electron chi connectivity index (χ1n) is 12.3. The van der Waals surface area contributed by atoms with Crippen LogP contribution in [0.25, 0.3) is 5.65 Å². The van der Waals surface area contributed by atoms with E-state index in [0.29, 0.717) is 48.0 Å². The number of methoxy groups -OCH3 is 1. The Bertz CT molecular complexity index is 1580. The average molecular weight is 534 g/mol. The molecule has 0 radical (unpaired) electrons. The molecule has 202 valence electrons. The number of ether oxygens (including phenoxy) is 3. The molecule has 4 N–H and O–H groups in total. The van der Waals surface area contributed by atoms with Crippen LogP contribution in [0.3, 0.4) is 0 Å². The van der Waals surface area contributed by atoms with Crippen molar-refractivity contribution >= 4 is 11.6 Å². The summed E-state index contributed by atoms with van der Waals surface area (Å²) in [5.74, 6) is -1.03. The molecule has 0 aliphatic carbocycles. The van der Waals surface area contributed by atoms with Crippen molar-refractivity contribution in [2.24, 2.45) is 0 Å². The molecular weight excluding hydrogens is 506 g/mol. The summed E-state index contributed by atoms with van der Waals surface area (Å²) in [5.41, 5.74) is 0.928. The SMILES string of the molecule is COc1cc(C(CC(=O)NCCc2ccc(O)c(O)c2)c2c(O)nc3ccccn3c2=O)cc2c1OCCO2. The van der Waals surface area contributed by atoms with Crippen molar-refractivity contribution in [3.05, 3.63) is 81.8 Å². The molecule has 3 heterocycles. The maximum absolute atomic E-state index is 13.5. The van der Waals surface area contributed by atoms with Crippen LogP contribution in [0.5, 0.6) is 34.6 Å². The summed E-state index contributed by atoms with van der Waals surface area (Å²) in [6.07, 6.45) is 1.75. The maximum atomic E-state index is 13.5. The Labute approximate surface area is 222 Å². The number of nitrogens with one attached hydrogen (secondary N) is 1. The third kappa shape index (κ3) is 5.24. The summed E-state index contributed by atoms with van der Waals surface area (Å²) >= 11 is 0. The van der Waals surface area contributed by atoms with Gasteiger partial charge in [-0.05, 0) is 53.9 Å². The summed E-state index contributed by atoms with van der Waals surface area (Å²) in [5, 5.41) is 32.9. The van der Waals surface area contributed by atoms with Crippen molar-refractivity contribution in [3.8, 4) is 34.6 Å². The highest BCUT2D eigenvalue weighted by molar-refractivity contribution is 5.78. The lowest BCUT2D eigenvalue weighted by molar-refractivity contribution is -0.121. The van der Waals surface area contributed by atoms with Crippen molar-refractivity contribution in [1.29, 1.82) is 0 Å². The molecule has 5 rings (SSSR count). The number of nitrogens with zero attached hydrogens (tertiary/aromatic N) is 2. The average Bonchev–Trinajstić information content (AvgIpc) is 2.93. The molecule has 0 fully saturated rings. The van der Waals surface area contributed by atoms with Crippen LogP contribution >= 0.6 is 0 Å². The zero-order valence-corrected chi connectivity index (χ0v) is 21.1. The van der Waals surface area contributed by atoms with Crippen LogP contribution in [0.2, 0.25) is 0 Å². The summed E-state index contributed by atoms with van der Waals surface area (Å²) in [7, 11) is 1.48. The van der Waals surface area contributed by atoms with E-state index in [2.05, 4.69) is 10.3 Å². The second-order valence-corrected chi connectivity index (χ2v) is 9.01. The minimum atomic E-state index is -0.899. The van der Waals surface area contributed by atoms with E-state index in [1.807, 2.05) is 0 Å². The molecule has 1 unspecified atom stereocenters. The zero-order valence-electron chi connectivity index (χ0n) is 21.1. The zero-order chi connectivity index (χ0) is 27.5. The summed E-state index contributed by atoms with van der Waals surface area (Å²) in [4.78, 5) is 30.9. The van der Waals surface area contributed by atoms with Crippen molar-refractivity contribution in [3.63, 3.8) is 0 Å². The lowest BCUT2D eigenvalue weighted by Crippen LogP contribution is -2.30. The highest BCUT2D eigenvalue weighted by Gasteiger charge is 2.29. The fourth-order valence-corrected chi connectivity index (χ4v) is 4.61. The Morgan fingerprint density at radius 1 is 1.10 bits per heavy atom. The van der Waals surface area contributed by atoms with E-state index in [4.69, 9.17) is 14.2 Å². The molecule has 2 aromatic heterocycles. The van der Waals surface area contributed by atoms with Gasteiger partial charge in [0.1, 0.15) is 18.9 Å². The first kappa shape index (κ1) is 25.7. The molecule has 11 heteroatoms. The number of hydrogen-bond donors (Lipinski definition) is 4. The van der Waals surface area contributed by atoms with Gasteiger partial charge in [-0.25, -0.2) is 0 Å². The first-order chi connectivity index (χ1) is 18.9. The highest BCUT2D eigenvalue weighted by atomic mass is 16.6. The minimum Gasteiger partial charge on any atom is -0.504 e. The summed E-state index contributed by atoms with van der Waals surface area (Å²) in [6, 6.07) is 12.7. The number of pyridine rings is 1. The number of carbonyl (C=O) groups excluding carboxylic acids is 1. The van der Waals surface area contributed by atoms with Crippen molar-refractivity contribution < 1.29 is 34.3 Å². The lowest BCUT2D eigenvalue weighted by Gasteiger charge is -2.24. The van der Waals surface area contributed by atoms with Gasteiger partial charge in [0.2, 0.25) is 17.5 Å². The van der Waals surface area contributed by atoms with Gasteiger partial charge in [-0.15, -0.1) is 0 Å². The molecule has 2 aromatic carbocycles. The fourth-order valence-electron chi connectivity index (χ4n) is 4.61. The summed E-state index contributed by atoms with van der Waals surface area (Å²) in [6.45, 7) is 0.911. The molecule has 4 aromatic rings. The number of hydrogen-bond acceptors (Lipinski definition) is 9. The quantitative estimate of drug-likeness (QED) is 0.250. The molecule has 1 amide bonds. The Morgan fingerprint density at radius 2 is 1.92 bits per heavy atom. The third-order valence-corrected chi connectivity index (χ3v) is 6.52. The molecule has 0 saturated carbocycles. The monoisotopic (exact) mass is 533 g/mol. The van der Waals surface area contributed by atoms with Crippen LogP contribution in [0.15, 0.2) is 59.5 Å². The van der Waals surface area contributed by atoms with E-state index in [-0.39, 0.29) is 41.6 Å². The molecule has 1 aliphatic rings. The van der Waals surface area contributed by atoms with Gasteiger partial charge in [0, 0.05) is 25.1 Å². The number of benzene rings is 2. The fraction of sp³-hybridized carbons (Fsp3) is 0.250. The summed E-state index contributed by atoms with van der Waals surface area (Å²) < 4.78 is 18.3. The van der Waals surface area contributed by atoms with Crippen LogP contribution in [0.4, 0.5) is 0 Å². The number of fused-ring (bicyclic) bond motifs is 2. The predicted octanol–water partition coefficient (Wildman–Crippen LogP) is 2.47. The van der Waals surface area contributed by atoms with Gasteiger partial charge in [0.15, 0.2) is 23.0 Å². The van der Waals surface area contributed by atoms with E-state index < -0.39 is 17.4 Å². The van der Waals surface area contributed by atoms with E-state index in [1.165, 1.54) is 23.6 Å². The topological polar surface area (TPSA) is 152 Å². The number of aromatic nitrogens is 2. The lowest BCUT2D eigenvalue weighted by atomic mass is 9.88. The Morgan fingerprint density at radius 3 is 2.72 bits per heavy atom. The predicted molar refractivity (Wildman–Crippen MR) is 140 cm³/mol. The molecular formula is C28H27N3O8. The number of phenols is 2. The van der Waals surface area contributed by atoms with Gasteiger partial charge in [0.05, 0.1) is 12.7 Å². The Kier molecular flexibility index (Phi) is 7.13. The van der Waals surface area contributed by atoms with E-state index in [0.717, 1.165) is 0 Å². The number of aromatic hydroxyl groups is 3. The third-order valence-electron chi connectivity index (χ3n) is 6.52. The molecule has 0 bridgehead atoms. The number of rotatable bonds is 8. The standard InChI is InChI=1S/C28H27N3O8/c1-37-21-13-17(14-22-26(21)39-11-10-38-22)18(25-27(35)30-23-4-2-3-9-31(23)28(25)36)15-24(34)29-8-7-16-5-6-19(32)20(33)12-16/h2-6,9,12-14,18,32-33,35H,7-8,10-11,15H2,1H3,(H,29,34). The molecule has 11 nitrogen and oxygen atoms in total. The van der Waals surface area contributed by atoms with Gasteiger partial charge in [0.25, 0.3) is 5.56 Å². The second-order valence-electron chi connectivity index (χ2n) is 9.01. The van der Waals surface area contributed by atoms with Crippen LogP contribution in [-0.2, 0) is 11.2 Å². The maximum Gasteiger partial charge on any atom is 0.265 e. The minimum absolute atomic E-state index is 0.0453. The van der Waals surface area contributed by atoms with Gasteiger partial charge >= 0.3 is 0 Å². The van der Waals surface area contributed by atoms with E-state index >= 15 is 0 Å². The van der Waals surface area contributed by atoms with Gasteiger partial charge in [-0.1, -0.05) is 12.1 Å². The second kappa shape index (κ2) is 10.8. The molecule has 1 aliphatic heterocycles. The van der Waals surface area contributed by atoms with Crippen LogP contribution in [0.1, 0.15) is 29.0 Å².